The van der Waals surface area contributed by atoms with E-state index in [-0.39, 0.29) is 0 Å². The van der Waals surface area contributed by atoms with Gasteiger partial charge >= 0.3 is 0 Å². The van der Waals surface area contributed by atoms with Crippen molar-refractivity contribution < 1.29 is 4.74 Å². The second-order valence-corrected chi connectivity index (χ2v) is 6.17. The molecule has 0 saturated heterocycles. The first-order valence-corrected chi connectivity index (χ1v) is 7.82. The maximum absolute atomic E-state index is 6.00. The van der Waals surface area contributed by atoms with Gasteiger partial charge in [0.25, 0.3) is 0 Å². The molecule has 5 heteroatoms. The molecule has 3 rings (SSSR count). The number of imidazole rings is 1. The zero-order valence-electron chi connectivity index (χ0n) is 11.7. The molecular formula is C16H16IN3O. The van der Waals surface area contributed by atoms with Gasteiger partial charge in [-0.15, -0.1) is 0 Å². The number of aryl methyl sites for hydroxylation is 1. The number of halogens is 1. The molecule has 3 aromatic rings. The fraction of sp³-hybridized carbons (Fsp3) is 0.188. The van der Waals surface area contributed by atoms with Gasteiger partial charge in [0.15, 0.2) is 0 Å². The number of benzene rings is 2. The minimum atomic E-state index is 0.528. The third kappa shape index (κ3) is 3.12. The van der Waals surface area contributed by atoms with E-state index in [4.69, 9.17) is 10.5 Å². The number of nitrogen functional groups attached to an aromatic ring is 1. The van der Waals surface area contributed by atoms with Gasteiger partial charge in [-0.25, -0.2) is 4.98 Å². The second kappa shape index (κ2) is 5.93. The van der Waals surface area contributed by atoms with Crippen molar-refractivity contribution in [1.82, 2.24) is 9.55 Å². The van der Waals surface area contributed by atoms with Crippen LogP contribution in [0.25, 0.3) is 11.0 Å². The summed E-state index contributed by atoms with van der Waals surface area (Å²) in [5.74, 6) is 1.41. The lowest BCUT2D eigenvalue weighted by Gasteiger charge is -2.09. The molecule has 2 aromatic carbocycles. The third-order valence-corrected chi connectivity index (χ3v) is 3.98. The van der Waals surface area contributed by atoms with Crippen LogP contribution in [0.3, 0.4) is 0 Å². The van der Waals surface area contributed by atoms with Crippen LogP contribution in [0, 0.1) is 10.5 Å². The Hall–Kier alpha value is -1.76. The van der Waals surface area contributed by atoms with Gasteiger partial charge in [0.2, 0.25) is 5.95 Å². The van der Waals surface area contributed by atoms with E-state index in [0.717, 1.165) is 20.4 Å². The molecule has 0 atom stereocenters. The molecule has 108 valence electrons. The largest absolute Gasteiger partial charge is 0.492 e. The average molecular weight is 393 g/mol. The lowest BCUT2D eigenvalue weighted by molar-refractivity contribution is 0.301. The molecule has 2 N–H and O–H groups in total. The highest BCUT2D eigenvalue weighted by Crippen LogP contribution is 2.20. The molecule has 21 heavy (non-hydrogen) atoms. The van der Waals surface area contributed by atoms with Gasteiger partial charge in [-0.05, 0) is 65.4 Å². The van der Waals surface area contributed by atoms with Crippen LogP contribution in [-0.2, 0) is 6.54 Å². The lowest BCUT2D eigenvalue weighted by Crippen LogP contribution is -2.10. The van der Waals surface area contributed by atoms with Gasteiger partial charge in [0.1, 0.15) is 12.4 Å². The second-order valence-electron chi connectivity index (χ2n) is 4.92. The molecule has 0 fully saturated rings. The van der Waals surface area contributed by atoms with Crippen molar-refractivity contribution in [3.63, 3.8) is 0 Å². The van der Waals surface area contributed by atoms with Crippen molar-refractivity contribution in [3.8, 4) is 5.75 Å². The van der Waals surface area contributed by atoms with Crippen LogP contribution in [0.5, 0.6) is 5.75 Å². The minimum absolute atomic E-state index is 0.528. The van der Waals surface area contributed by atoms with E-state index in [0.29, 0.717) is 19.1 Å². The summed E-state index contributed by atoms with van der Waals surface area (Å²) in [6.45, 7) is 3.29. The molecule has 0 aliphatic heterocycles. The van der Waals surface area contributed by atoms with E-state index < -0.39 is 0 Å². The lowest BCUT2D eigenvalue weighted by atomic mass is 10.2. The Morgan fingerprint density at radius 1 is 1.24 bits per heavy atom. The number of rotatable bonds is 4. The van der Waals surface area contributed by atoms with Crippen LogP contribution in [0.1, 0.15) is 5.56 Å². The van der Waals surface area contributed by atoms with Crippen LogP contribution in [0.15, 0.2) is 42.5 Å². The summed E-state index contributed by atoms with van der Waals surface area (Å²) in [5.41, 5.74) is 9.16. The molecular weight excluding hydrogens is 377 g/mol. The first-order valence-electron chi connectivity index (χ1n) is 6.74. The zero-order chi connectivity index (χ0) is 14.8. The van der Waals surface area contributed by atoms with Gasteiger partial charge in [-0.1, -0.05) is 12.1 Å². The summed E-state index contributed by atoms with van der Waals surface area (Å²) in [6.07, 6.45) is 0. The Morgan fingerprint density at radius 3 is 2.90 bits per heavy atom. The molecule has 0 aliphatic carbocycles. The van der Waals surface area contributed by atoms with Gasteiger partial charge in [0, 0.05) is 3.57 Å². The molecule has 1 heterocycles. The van der Waals surface area contributed by atoms with Crippen molar-refractivity contribution in [2.45, 2.75) is 13.5 Å². The molecule has 0 spiro atoms. The fourth-order valence-corrected chi connectivity index (χ4v) is 2.79. The highest BCUT2D eigenvalue weighted by atomic mass is 127. The molecule has 0 saturated carbocycles. The number of hydrogen-bond acceptors (Lipinski definition) is 3. The minimum Gasteiger partial charge on any atom is -0.492 e. The summed E-state index contributed by atoms with van der Waals surface area (Å²) in [6, 6.07) is 14.2. The topological polar surface area (TPSA) is 53.1 Å². The Kier molecular flexibility index (Phi) is 4.01. The highest BCUT2D eigenvalue weighted by Gasteiger charge is 2.08. The van der Waals surface area contributed by atoms with Crippen molar-refractivity contribution in [2.75, 3.05) is 12.3 Å². The maximum Gasteiger partial charge on any atom is 0.201 e. The number of anilines is 1. The van der Waals surface area contributed by atoms with Crippen molar-refractivity contribution >= 4 is 39.6 Å². The summed E-state index contributed by atoms with van der Waals surface area (Å²) in [7, 11) is 0. The number of nitrogens with zero attached hydrogens (tertiary/aromatic N) is 2. The van der Waals surface area contributed by atoms with Crippen LogP contribution in [-0.4, -0.2) is 16.2 Å². The predicted octanol–water partition coefficient (Wildman–Crippen LogP) is 3.61. The standard InChI is InChI=1S/C16H16IN3O/c1-11-3-2-4-13(9-11)21-8-7-20-15-6-5-12(17)10-14(15)19-16(20)18/h2-6,9-10H,7-8H2,1H3,(H2,18,19). The van der Waals surface area contributed by atoms with Crippen LogP contribution < -0.4 is 10.5 Å². The number of nitrogens with two attached hydrogens (primary N) is 1. The van der Waals surface area contributed by atoms with Crippen molar-refractivity contribution in [2.24, 2.45) is 0 Å². The Balaban J connectivity index is 1.75. The predicted molar refractivity (Wildman–Crippen MR) is 93.5 cm³/mol. The molecule has 0 bridgehead atoms. The van der Waals surface area contributed by atoms with E-state index >= 15 is 0 Å². The number of fused-ring (bicyclic) bond motifs is 1. The molecule has 1 aromatic heterocycles. The summed E-state index contributed by atoms with van der Waals surface area (Å²) in [5, 5.41) is 0. The van der Waals surface area contributed by atoms with E-state index in [1.54, 1.807) is 0 Å². The maximum atomic E-state index is 6.00. The summed E-state index contributed by atoms with van der Waals surface area (Å²) >= 11 is 2.27. The molecule has 0 aliphatic rings. The SMILES string of the molecule is Cc1cccc(OCCn2c(N)nc3cc(I)ccc32)c1. The Morgan fingerprint density at radius 2 is 2.10 bits per heavy atom. The van der Waals surface area contributed by atoms with E-state index in [2.05, 4.69) is 46.6 Å². The summed E-state index contributed by atoms with van der Waals surface area (Å²) < 4.78 is 8.92. The first-order chi connectivity index (χ1) is 10.1. The van der Waals surface area contributed by atoms with Gasteiger partial charge < -0.3 is 15.0 Å². The van der Waals surface area contributed by atoms with Crippen LogP contribution in [0.2, 0.25) is 0 Å². The van der Waals surface area contributed by atoms with E-state index in [1.165, 1.54) is 5.56 Å². The highest BCUT2D eigenvalue weighted by molar-refractivity contribution is 14.1. The zero-order valence-corrected chi connectivity index (χ0v) is 13.9. The van der Waals surface area contributed by atoms with Gasteiger partial charge in [0.05, 0.1) is 17.6 Å². The number of ether oxygens (including phenoxy) is 1. The van der Waals surface area contributed by atoms with Crippen LogP contribution >= 0.6 is 22.6 Å². The van der Waals surface area contributed by atoms with E-state index in [1.807, 2.05) is 34.9 Å². The average Bonchev–Trinajstić information content (AvgIpc) is 2.74. The van der Waals surface area contributed by atoms with E-state index in [9.17, 15) is 0 Å². The van der Waals surface area contributed by atoms with Crippen molar-refractivity contribution in [1.29, 1.82) is 0 Å². The fourth-order valence-electron chi connectivity index (χ4n) is 2.32. The summed E-state index contributed by atoms with van der Waals surface area (Å²) in [4.78, 5) is 4.39. The molecule has 0 amide bonds. The molecule has 0 unspecified atom stereocenters. The quantitative estimate of drug-likeness (QED) is 0.690. The Labute approximate surface area is 137 Å². The molecule has 4 nitrogen and oxygen atoms in total. The normalized spacial score (nSPS) is 11.0. The van der Waals surface area contributed by atoms with Gasteiger partial charge in [-0.3, -0.25) is 0 Å². The first kappa shape index (κ1) is 14.2. The smallest absolute Gasteiger partial charge is 0.201 e. The number of hydrogen-bond donors (Lipinski definition) is 1. The monoisotopic (exact) mass is 393 g/mol. The number of aromatic nitrogens is 2. The third-order valence-electron chi connectivity index (χ3n) is 3.31. The molecule has 0 radical (unpaired) electrons. The van der Waals surface area contributed by atoms with Crippen LogP contribution in [0.4, 0.5) is 5.95 Å². The van der Waals surface area contributed by atoms with Crippen molar-refractivity contribution in [3.05, 3.63) is 51.6 Å². The van der Waals surface area contributed by atoms with Gasteiger partial charge in [-0.2, -0.15) is 0 Å². The Bertz CT molecular complexity index is 782.